The molecule has 0 saturated heterocycles. The number of hydrogen-bond donors (Lipinski definition) is 2. The summed E-state index contributed by atoms with van der Waals surface area (Å²) in [6.07, 6.45) is -2.65. The van der Waals surface area contributed by atoms with Gasteiger partial charge in [-0.3, -0.25) is 4.79 Å². The summed E-state index contributed by atoms with van der Waals surface area (Å²) in [6.45, 7) is 0. The molecule has 0 spiro atoms. The fraction of sp³-hybridized carbons (Fsp3) is 0.364. The van der Waals surface area contributed by atoms with Crippen molar-refractivity contribution >= 4 is 11.6 Å². The number of nitrogens with two attached hydrogens (primary N) is 1. The molecule has 2 rings (SSSR count). The molecule has 1 fully saturated rings. The number of nitrogen functional groups attached to an aromatic ring is 1. The van der Waals surface area contributed by atoms with Gasteiger partial charge in [-0.2, -0.15) is 13.2 Å². The molecule has 0 atom stereocenters. The Morgan fingerprint density at radius 3 is 2.47 bits per heavy atom. The van der Waals surface area contributed by atoms with Gasteiger partial charge in [-0.15, -0.1) is 0 Å². The molecule has 1 saturated carbocycles. The highest BCUT2D eigenvalue weighted by molar-refractivity contribution is 5.95. The number of nitrogens with one attached hydrogen (secondary N) is 1. The number of hydrogen-bond acceptors (Lipinski definition) is 2. The quantitative estimate of drug-likeness (QED) is 0.783. The van der Waals surface area contributed by atoms with E-state index in [4.69, 9.17) is 5.73 Å². The third-order valence-electron chi connectivity index (χ3n) is 2.53. The van der Waals surface area contributed by atoms with Gasteiger partial charge in [-0.25, -0.2) is 0 Å². The van der Waals surface area contributed by atoms with E-state index in [1.54, 1.807) is 0 Å². The lowest BCUT2D eigenvalue weighted by atomic mass is 10.1. The van der Waals surface area contributed by atoms with Crippen LogP contribution in [0.2, 0.25) is 0 Å². The lowest BCUT2D eigenvalue weighted by molar-refractivity contribution is -0.136. The van der Waals surface area contributed by atoms with E-state index in [9.17, 15) is 18.0 Å². The summed E-state index contributed by atoms with van der Waals surface area (Å²) >= 11 is 0. The van der Waals surface area contributed by atoms with E-state index >= 15 is 0 Å². The summed E-state index contributed by atoms with van der Waals surface area (Å²) in [5.41, 5.74) is 4.10. The number of carbonyl (C=O) groups excluding carboxylic acids is 1. The van der Waals surface area contributed by atoms with Crippen molar-refractivity contribution in [1.82, 2.24) is 5.32 Å². The van der Waals surface area contributed by atoms with Crippen LogP contribution in [0.1, 0.15) is 28.8 Å². The standard InChI is InChI=1S/C11H11F3N2O/c12-11(13,14)8-4-1-6(5-9(8)15)10(17)16-7-2-3-7/h1,4-5,7H,2-3,15H2,(H,16,17). The van der Waals surface area contributed by atoms with Gasteiger partial charge >= 0.3 is 6.18 Å². The van der Waals surface area contributed by atoms with Crippen LogP contribution in [-0.4, -0.2) is 11.9 Å². The van der Waals surface area contributed by atoms with E-state index in [1.807, 2.05) is 0 Å². The van der Waals surface area contributed by atoms with Crippen LogP contribution in [0.25, 0.3) is 0 Å². The van der Waals surface area contributed by atoms with Crippen molar-refractivity contribution < 1.29 is 18.0 Å². The molecule has 1 aliphatic rings. The van der Waals surface area contributed by atoms with Crippen molar-refractivity contribution in [3.8, 4) is 0 Å². The first-order valence-corrected chi connectivity index (χ1v) is 5.15. The fourth-order valence-electron chi connectivity index (χ4n) is 1.46. The zero-order chi connectivity index (χ0) is 12.6. The number of anilines is 1. The molecule has 92 valence electrons. The van der Waals surface area contributed by atoms with Crippen LogP contribution in [0.4, 0.5) is 18.9 Å². The zero-order valence-corrected chi connectivity index (χ0v) is 8.84. The summed E-state index contributed by atoms with van der Waals surface area (Å²) in [7, 11) is 0. The van der Waals surface area contributed by atoms with Crippen LogP contribution in [0.15, 0.2) is 18.2 Å². The molecular formula is C11H11F3N2O. The Bertz CT molecular complexity index is 453. The molecule has 3 nitrogen and oxygen atoms in total. The maximum atomic E-state index is 12.4. The Hall–Kier alpha value is -1.72. The van der Waals surface area contributed by atoms with E-state index in [0.717, 1.165) is 31.0 Å². The smallest absolute Gasteiger partial charge is 0.398 e. The first kappa shape index (κ1) is 11.8. The van der Waals surface area contributed by atoms with Crippen molar-refractivity contribution in [1.29, 1.82) is 0 Å². The second-order valence-electron chi connectivity index (χ2n) is 4.05. The maximum Gasteiger partial charge on any atom is 0.418 e. The second kappa shape index (κ2) is 3.94. The van der Waals surface area contributed by atoms with Crippen LogP contribution in [0.3, 0.4) is 0 Å². The van der Waals surface area contributed by atoms with Gasteiger partial charge in [0.05, 0.1) is 5.56 Å². The van der Waals surface area contributed by atoms with E-state index in [0.29, 0.717) is 0 Å². The molecule has 17 heavy (non-hydrogen) atoms. The second-order valence-corrected chi connectivity index (χ2v) is 4.05. The zero-order valence-electron chi connectivity index (χ0n) is 8.84. The molecule has 0 aromatic heterocycles. The Morgan fingerprint density at radius 1 is 1.35 bits per heavy atom. The van der Waals surface area contributed by atoms with Crippen LogP contribution >= 0.6 is 0 Å². The largest absolute Gasteiger partial charge is 0.418 e. The topological polar surface area (TPSA) is 55.1 Å². The molecule has 1 aromatic rings. The van der Waals surface area contributed by atoms with Crippen LogP contribution in [0.5, 0.6) is 0 Å². The summed E-state index contributed by atoms with van der Waals surface area (Å²) in [4.78, 5) is 11.6. The number of rotatable bonds is 2. The molecule has 1 amide bonds. The summed E-state index contributed by atoms with van der Waals surface area (Å²) in [5, 5.41) is 2.68. The minimum Gasteiger partial charge on any atom is -0.398 e. The van der Waals surface area contributed by atoms with Gasteiger partial charge in [-0.1, -0.05) is 0 Å². The average molecular weight is 244 g/mol. The molecular weight excluding hydrogens is 233 g/mol. The molecule has 0 aliphatic heterocycles. The highest BCUT2D eigenvalue weighted by Gasteiger charge is 2.33. The Morgan fingerprint density at radius 2 is 2.00 bits per heavy atom. The monoisotopic (exact) mass is 244 g/mol. The minimum atomic E-state index is -4.49. The predicted octanol–water partition coefficient (Wildman–Crippen LogP) is 2.18. The molecule has 0 radical (unpaired) electrons. The first-order chi connectivity index (χ1) is 7.88. The molecule has 0 bridgehead atoms. The summed E-state index contributed by atoms with van der Waals surface area (Å²) < 4.78 is 37.3. The average Bonchev–Trinajstić information content (AvgIpc) is 2.99. The summed E-state index contributed by atoms with van der Waals surface area (Å²) in [5.74, 6) is -0.382. The molecule has 0 heterocycles. The summed E-state index contributed by atoms with van der Waals surface area (Å²) in [6, 6.07) is 3.18. The SMILES string of the molecule is Nc1cc(C(=O)NC2CC2)ccc1C(F)(F)F. The number of alkyl halides is 3. The van der Waals surface area contributed by atoms with Crippen molar-refractivity contribution in [2.45, 2.75) is 25.1 Å². The van der Waals surface area contributed by atoms with Crippen molar-refractivity contribution in [2.75, 3.05) is 5.73 Å². The number of carbonyl (C=O) groups is 1. The highest BCUT2D eigenvalue weighted by atomic mass is 19.4. The minimum absolute atomic E-state index is 0.155. The third-order valence-corrected chi connectivity index (χ3v) is 2.53. The maximum absolute atomic E-state index is 12.4. The van der Waals surface area contributed by atoms with E-state index in [2.05, 4.69) is 5.32 Å². The van der Waals surface area contributed by atoms with Crippen molar-refractivity contribution in [3.05, 3.63) is 29.3 Å². The number of halogens is 3. The van der Waals surface area contributed by atoms with Gasteiger partial charge in [0, 0.05) is 17.3 Å². The Kier molecular flexibility index (Phi) is 2.73. The first-order valence-electron chi connectivity index (χ1n) is 5.15. The van der Waals surface area contributed by atoms with Gasteiger partial charge in [0.25, 0.3) is 5.91 Å². The van der Waals surface area contributed by atoms with Gasteiger partial charge in [-0.05, 0) is 31.0 Å². The van der Waals surface area contributed by atoms with Gasteiger partial charge in [0.2, 0.25) is 0 Å². The number of benzene rings is 1. The fourth-order valence-corrected chi connectivity index (χ4v) is 1.46. The van der Waals surface area contributed by atoms with Crippen LogP contribution in [-0.2, 0) is 6.18 Å². The van der Waals surface area contributed by atoms with Crippen molar-refractivity contribution in [3.63, 3.8) is 0 Å². The van der Waals surface area contributed by atoms with E-state index < -0.39 is 17.4 Å². The Balaban J connectivity index is 2.20. The number of amides is 1. The lowest BCUT2D eigenvalue weighted by Gasteiger charge is -2.11. The molecule has 3 N–H and O–H groups in total. The van der Waals surface area contributed by atoms with E-state index in [1.165, 1.54) is 0 Å². The van der Waals surface area contributed by atoms with Crippen LogP contribution < -0.4 is 11.1 Å². The molecule has 1 aliphatic carbocycles. The molecule has 1 aromatic carbocycles. The van der Waals surface area contributed by atoms with Gasteiger partial charge in [0.15, 0.2) is 0 Å². The highest BCUT2D eigenvalue weighted by Crippen LogP contribution is 2.33. The Labute approximate surface area is 95.8 Å². The lowest BCUT2D eigenvalue weighted by Crippen LogP contribution is -2.25. The van der Waals surface area contributed by atoms with Crippen LogP contribution in [0, 0.1) is 0 Å². The molecule has 6 heteroatoms. The predicted molar refractivity (Wildman–Crippen MR) is 56.3 cm³/mol. The normalized spacial score (nSPS) is 15.7. The van der Waals surface area contributed by atoms with E-state index in [-0.39, 0.29) is 17.5 Å². The van der Waals surface area contributed by atoms with Gasteiger partial charge in [0.1, 0.15) is 0 Å². The molecule has 0 unspecified atom stereocenters. The van der Waals surface area contributed by atoms with Crippen molar-refractivity contribution in [2.24, 2.45) is 0 Å². The van der Waals surface area contributed by atoms with Gasteiger partial charge < -0.3 is 11.1 Å². The third kappa shape index (κ3) is 2.69.